The quantitative estimate of drug-likeness (QED) is 0.632. The highest BCUT2D eigenvalue weighted by Crippen LogP contribution is 2.29. The van der Waals surface area contributed by atoms with Gasteiger partial charge < -0.3 is 10.2 Å². The summed E-state index contributed by atoms with van der Waals surface area (Å²) in [5, 5.41) is 3.31. The van der Waals surface area contributed by atoms with Gasteiger partial charge in [-0.3, -0.25) is 4.79 Å². The van der Waals surface area contributed by atoms with Gasteiger partial charge in [-0.1, -0.05) is 19.4 Å². The second-order valence-electron chi connectivity index (χ2n) is 5.11. The predicted octanol–water partition coefficient (Wildman–Crippen LogP) is 2.98. The van der Waals surface area contributed by atoms with Crippen molar-refractivity contribution in [1.29, 1.82) is 0 Å². The lowest BCUT2D eigenvalue weighted by Gasteiger charge is -2.32. The first kappa shape index (κ1) is 13.8. The lowest BCUT2D eigenvalue weighted by molar-refractivity contribution is -0.121. The molecule has 1 amide bonds. The Morgan fingerprint density at radius 2 is 2.37 bits per heavy atom. The first-order valence-electron chi connectivity index (χ1n) is 7.26. The highest BCUT2D eigenvalue weighted by molar-refractivity contribution is 5.49. The summed E-state index contributed by atoms with van der Waals surface area (Å²) in [7, 11) is 0. The molecule has 0 aromatic carbocycles. The molecule has 4 nitrogen and oxygen atoms in total. The zero-order valence-electron chi connectivity index (χ0n) is 11.6. The van der Waals surface area contributed by atoms with E-state index in [1.165, 1.54) is 12.8 Å². The predicted molar refractivity (Wildman–Crippen MR) is 77.0 cm³/mol. The van der Waals surface area contributed by atoms with Crippen LogP contribution < -0.4 is 5.32 Å². The molecule has 0 radical (unpaired) electrons. The normalized spacial score (nSPS) is 19.2. The van der Waals surface area contributed by atoms with Crippen molar-refractivity contribution >= 4 is 12.2 Å². The molecule has 1 aromatic heterocycles. The molecule has 1 N–H and O–H groups in total. The number of unbranched alkanes of at least 4 members (excludes halogenated alkanes) is 1. The van der Waals surface area contributed by atoms with Crippen LogP contribution in [0.4, 0.5) is 5.82 Å². The number of carbonyl (C=O) groups is 1. The van der Waals surface area contributed by atoms with Crippen LogP contribution in [0.1, 0.15) is 50.6 Å². The van der Waals surface area contributed by atoms with Crippen LogP contribution in [-0.4, -0.2) is 29.4 Å². The van der Waals surface area contributed by atoms with Gasteiger partial charge in [0.1, 0.15) is 5.82 Å². The van der Waals surface area contributed by atoms with Gasteiger partial charge in [-0.25, -0.2) is 4.98 Å². The maximum atomic E-state index is 11.1. The molecule has 0 spiro atoms. The maximum absolute atomic E-state index is 11.1. The smallest absolute Gasteiger partial charge is 0.210 e. The molecule has 1 atom stereocenters. The maximum Gasteiger partial charge on any atom is 0.210 e. The average molecular weight is 261 g/mol. The number of aromatic nitrogens is 1. The molecule has 0 saturated carbocycles. The van der Waals surface area contributed by atoms with Gasteiger partial charge in [-0.2, -0.15) is 0 Å². The third kappa shape index (κ3) is 3.69. The lowest BCUT2D eigenvalue weighted by Crippen LogP contribution is -2.32. The summed E-state index contributed by atoms with van der Waals surface area (Å²) in [6.07, 6.45) is 8.55. The van der Waals surface area contributed by atoms with E-state index in [0.717, 1.165) is 50.1 Å². The number of hydrogen-bond acceptors (Lipinski definition) is 3. The van der Waals surface area contributed by atoms with E-state index in [2.05, 4.69) is 23.3 Å². The molecule has 1 saturated heterocycles. The molecular formula is C15H23N3O. The Hall–Kier alpha value is -1.58. The van der Waals surface area contributed by atoms with Crippen LogP contribution in [0.5, 0.6) is 0 Å². The van der Waals surface area contributed by atoms with Crippen LogP contribution in [0.25, 0.3) is 0 Å². The van der Waals surface area contributed by atoms with Gasteiger partial charge >= 0.3 is 0 Å². The molecule has 0 aliphatic carbocycles. The third-order valence-electron chi connectivity index (χ3n) is 3.69. The molecular weight excluding hydrogens is 238 g/mol. The van der Waals surface area contributed by atoms with Crippen molar-refractivity contribution in [3.05, 3.63) is 23.9 Å². The second kappa shape index (κ2) is 7.12. The van der Waals surface area contributed by atoms with Gasteiger partial charge in [0.05, 0.1) is 6.04 Å². The van der Waals surface area contributed by atoms with Crippen LogP contribution in [0.3, 0.4) is 0 Å². The Morgan fingerprint density at radius 3 is 3.05 bits per heavy atom. The zero-order chi connectivity index (χ0) is 13.5. The first-order valence-corrected chi connectivity index (χ1v) is 7.26. The standard InChI is InChI=1S/C15H23N3O/c1-2-3-9-16-15-8-7-13(11-17-15)14-6-4-5-10-18(14)12-19/h7-8,11-12,14H,2-6,9-10H2,1H3,(H,16,17)/t14-/m0/s1. The number of piperidine rings is 1. The second-order valence-corrected chi connectivity index (χ2v) is 5.11. The minimum absolute atomic E-state index is 0.212. The van der Waals surface area contributed by atoms with Crippen molar-refractivity contribution in [2.24, 2.45) is 0 Å². The molecule has 19 heavy (non-hydrogen) atoms. The number of anilines is 1. The van der Waals surface area contributed by atoms with Crippen molar-refractivity contribution < 1.29 is 4.79 Å². The first-order chi connectivity index (χ1) is 9.35. The van der Waals surface area contributed by atoms with Gasteiger partial charge in [-0.05, 0) is 37.3 Å². The highest BCUT2D eigenvalue weighted by Gasteiger charge is 2.22. The lowest BCUT2D eigenvalue weighted by atomic mass is 9.97. The third-order valence-corrected chi connectivity index (χ3v) is 3.69. The molecule has 1 aromatic rings. The van der Waals surface area contributed by atoms with Crippen LogP contribution in [-0.2, 0) is 4.79 Å². The fourth-order valence-electron chi connectivity index (χ4n) is 2.54. The molecule has 0 unspecified atom stereocenters. The van der Waals surface area contributed by atoms with E-state index >= 15 is 0 Å². The largest absolute Gasteiger partial charge is 0.370 e. The molecule has 0 bridgehead atoms. The van der Waals surface area contributed by atoms with Crippen molar-refractivity contribution in [3.8, 4) is 0 Å². The summed E-state index contributed by atoms with van der Waals surface area (Å²) in [5.41, 5.74) is 1.15. The van der Waals surface area contributed by atoms with E-state index in [1.807, 2.05) is 17.2 Å². The van der Waals surface area contributed by atoms with Crippen LogP contribution >= 0.6 is 0 Å². The molecule has 2 rings (SSSR count). The topological polar surface area (TPSA) is 45.2 Å². The van der Waals surface area contributed by atoms with Gasteiger partial charge in [0.25, 0.3) is 0 Å². The number of pyridine rings is 1. The average Bonchev–Trinajstić information content (AvgIpc) is 2.48. The molecule has 104 valence electrons. The van der Waals surface area contributed by atoms with Gasteiger partial charge in [0.15, 0.2) is 0 Å². The van der Waals surface area contributed by atoms with Gasteiger partial charge in [0, 0.05) is 19.3 Å². The van der Waals surface area contributed by atoms with E-state index < -0.39 is 0 Å². The molecule has 2 heterocycles. The fraction of sp³-hybridized carbons (Fsp3) is 0.600. The molecule has 1 fully saturated rings. The molecule has 4 heteroatoms. The number of hydrogen-bond donors (Lipinski definition) is 1. The number of carbonyl (C=O) groups excluding carboxylic acids is 1. The number of nitrogens with one attached hydrogen (secondary N) is 1. The molecule has 1 aliphatic heterocycles. The Kier molecular flexibility index (Phi) is 5.19. The summed E-state index contributed by atoms with van der Waals surface area (Å²) in [6, 6.07) is 4.32. The Morgan fingerprint density at radius 1 is 1.47 bits per heavy atom. The van der Waals surface area contributed by atoms with Crippen molar-refractivity contribution in [2.45, 2.75) is 45.1 Å². The van der Waals surface area contributed by atoms with E-state index in [-0.39, 0.29) is 6.04 Å². The minimum atomic E-state index is 0.212. The Bertz CT molecular complexity index is 391. The van der Waals surface area contributed by atoms with E-state index in [4.69, 9.17) is 0 Å². The number of rotatable bonds is 6. The Balaban J connectivity index is 1.98. The van der Waals surface area contributed by atoms with Crippen LogP contribution in [0.15, 0.2) is 18.3 Å². The minimum Gasteiger partial charge on any atom is -0.370 e. The zero-order valence-corrected chi connectivity index (χ0v) is 11.6. The van der Waals surface area contributed by atoms with E-state index in [1.54, 1.807) is 0 Å². The van der Waals surface area contributed by atoms with Crippen LogP contribution in [0, 0.1) is 0 Å². The van der Waals surface area contributed by atoms with Crippen molar-refractivity contribution in [3.63, 3.8) is 0 Å². The summed E-state index contributed by atoms with van der Waals surface area (Å²) in [6.45, 7) is 4.01. The van der Waals surface area contributed by atoms with Crippen molar-refractivity contribution in [2.75, 3.05) is 18.4 Å². The monoisotopic (exact) mass is 261 g/mol. The number of nitrogens with zero attached hydrogens (tertiary/aromatic N) is 2. The highest BCUT2D eigenvalue weighted by atomic mass is 16.1. The Labute approximate surface area is 115 Å². The van der Waals surface area contributed by atoms with Crippen molar-refractivity contribution in [1.82, 2.24) is 9.88 Å². The van der Waals surface area contributed by atoms with Gasteiger partial charge in [-0.15, -0.1) is 0 Å². The number of amides is 1. The summed E-state index contributed by atoms with van der Waals surface area (Å²) in [4.78, 5) is 17.4. The van der Waals surface area contributed by atoms with E-state index in [0.29, 0.717) is 0 Å². The fourth-order valence-corrected chi connectivity index (χ4v) is 2.54. The van der Waals surface area contributed by atoms with Gasteiger partial charge in [0.2, 0.25) is 6.41 Å². The SMILES string of the molecule is CCCCNc1ccc([C@@H]2CCCCN2C=O)cn1. The summed E-state index contributed by atoms with van der Waals surface area (Å²) < 4.78 is 0. The van der Waals surface area contributed by atoms with Crippen LogP contribution in [0.2, 0.25) is 0 Å². The number of likely N-dealkylation sites (tertiary alicyclic amines) is 1. The summed E-state index contributed by atoms with van der Waals surface area (Å²) >= 11 is 0. The van der Waals surface area contributed by atoms with E-state index in [9.17, 15) is 4.79 Å². The molecule has 1 aliphatic rings. The summed E-state index contributed by atoms with van der Waals surface area (Å²) in [5.74, 6) is 0.922.